The average Bonchev–Trinajstić information content (AvgIpc) is 2.98. The Bertz CT molecular complexity index is 820. The molecule has 7 heteroatoms. The van der Waals surface area contributed by atoms with Gasteiger partial charge in [-0.1, -0.05) is 18.2 Å². The van der Waals surface area contributed by atoms with Gasteiger partial charge in [-0.3, -0.25) is 9.69 Å². The van der Waals surface area contributed by atoms with Crippen molar-refractivity contribution in [1.29, 1.82) is 0 Å². The maximum absolute atomic E-state index is 14.0. The molecule has 1 amide bonds. The van der Waals surface area contributed by atoms with E-state index in [1.54, 1.807) is 13.0 Å². The molecule has 2 aliphatic rings. The van der Waals surface area contributed by atoms with Crippen LogP contribution in [0.15, 0.2) is 24.3 Å². The smallest absolute Gasteiger partial charge is 0.219 e. The molecule has 1 fully saturated rings. The first-order valence-electron chi connectivity index (χ1n) is 9.75. The fourth-order valence-corrected chi connectivity index (χ4v) is 4.19. The quantitative estimate of drug-likeness (QED) is 0.830. The van der Waals surface area contributed by atoms with Gasteiger partial charge in [0.25, 0.3) is 0 Å². The number of carbonyl (C=O) groups is 1. The molecule has 0 saturated carbocycles. The van der Waals surface area contributed by atoms with Crippen LogP contribution in [0, 0.1) is 5.82 Å². The van der Waals surface area contributed by atoms with Crippen LogP contribution in [0.3, 0.4) is 0 Å². The third-order valence-electron chi connectivity index (χ3n) is 5.73. The predicted molar refractivity (Wildman–Crippen MR) is 99.6 cm³/mol. The van der Waals surface area contributed by atoms with Crippen molar-refractivity contribution < 1.29 is 9.18 Å². The topological polar surface area (TPSA) is 54.3 Å². The normalized spacial score (nSPS) is 21.0. The first-order valence-corrected chi connectivity index (χ1v) is 9.75. The van der Waals surface area contributed by atoms with Crippen molar-refractivity contribution in [2.24, 2.45) is 0 Å². The molecular weight excluding hydrogens is 345 g/mol. The van der Waals surface area contributed by atoms with E-state index >= 15 is 0 Å². The van der Waals surface area contributed by atoms with Gasteiger partial charge >= 0.3 is 0 Å². The highest BCUT2D eigenvalue weighted by atomic mass is 19.1. The van der Waals surface area contributed by atoms with E-state index in [1.807, 2.05) is 17.0 Å². The van der Waals surface area contributed by atoms with Gasteiger partial charge in [0, 0.05) is 64.1 Å². The van der Waals surface area contributed by atoms with Crippen molar-refractivity contribution in [3.05, 3.63) is 47.3 Å². The van der Waals surface area contributed by atoms with Crippen LogP contribution in [0.2, 0.25) is 0 Å². The van der Waals surface area contributed by atoms with Crippen LogP contribution < -0.4 is 0 Å². The fourth-order valence-electron chi connectivity index (χ4n) is 4.19. The van der Waals surface area contributed by atoms with E-state index in [2.05, 4.69) is 19.7 Å². The Kier molecular flexibility index (Phi) is 5.20. The number of fused-ring (bicyclic) bond motifs is 1. The summed E-state index contributed by atoms with van der Waals surface area (Å²) in [6.07, 6.45) is 2.86. The van der Waals surface area contributed by atoms with E-state index in [9.17, 15) is 9.18 Å². The molecule has 6 nitrogen and oxygen atoms in total. The van der Waals surface area contributed by atoms with Crippen molar-refractivity contribution in [3.8, 4) is 0 Å². The maximum Gasteiger partial charge on any atom is 0.219 e. The van der Waals surface area contributed by atoms with Gasteiger partial charge in [0.15, 0.2) is 0 Å². The zero-order chi connectivity index (χ0) is 18.8. The molecule has 0 aliphatic carbocycles. The van der Waals surface area contributed by atoms with Crippen molar-refractivity contribution in [2.75, 3.05) is 26.2 Å². The fraction of sp³-hybridized carbons (Fsp3) is 0.550. The summed E-state index contributed by atoms with van der Waals surface area (Å²) < 4.78 is 16.2. The van der Waals surface area contributed by atoms with E-state index in [1.165, 1.54) is 6.07 Å². The van der Waals surface area contributed by atoms with Gasteiger partial charge in [0.1, 0.15) is 17.5 Å². The largest absolute Gasteiger partial charge is 0.342 e. The number of carbonyl (C=O) groups excluding carboxylic acids is 1. The van der Waals surface area contributed by atoms with E-state index in [0.29, 0.717) is 6.54 Å². The molecule has 1 aromatic carbocycles. The van der Waals surface area contributed by atoms with Crippen molar-refractivity contribution in [3.63, 3.8) is 0 Å². The first kappa shape index (κ1) is 18.1. The van der Waals surface area contributed by atoms with Gasteiger partial charge in [-0.25, -0.2) is 4.39 Å². The number of hydrogen-bond donors (Lipinski definition) is 0. The van der Waals surface area contributed by atoms with Crippen LogP contribution >= 0.6 is 0 Å². The zero-order valence-corrected chi connectivity index (χ0v) is 15.8. The summed E-state index contributed by atoms with van der Waals surface area (Å²) in [6, 6.07) is 6.98. The van der Waals surface area contributed by atoms with Gasteiger partial charge in [-0.15, -0.1) is 10.2 Å². The van der Waals surface area contributed by atoms with E-state index in [-0.39, 0.29) is 17.6 Å². The minimum Gasteiger partial charge on any atom is -0.342 e. The summed E-state index contributed by atoms with van der Waals surface area (Å²) in [6.45, 7) is 6.31. The van der Waals surface area contributed by atoms with Gasteiger partial charge in [0.2, 0.25) is 5.91 Å². The van der Waals surface area contributed by atoms with Crippen LogP contribution in [0.5, 0.6) is 0 Å². The highest BCUT2D eigenvalue weighted by Crippen LogP contribution is 2.27. The number of halogens is 1. The number of amides is 1. The molecular formula is C20H26FN5O. The molecule has 1 atom stereocenters. The summed E-state index contributed by atoms with van der Waals surface area (Å²) in [5.41, 5.74) is 0.736. The summed E-state index contributed by atoms with van der Waals surface area (Å²) in [5.74, 6) is 2.24. The van der Waals surface area contributed by atoms with Gasteiger partial charge in [-0.05, 0) is 18.9 Å². The Balaban J connectivity index is 1.46. The number of benzene rings is 1. The van der Waals surface area contributed by atoms with E-state index in [0.717, 1.165) is 69.2 Å². The number of piperidine rings is 1. The lowest BCUT2D eigenvalue weighted by Gasteiger charge is -2.31. The molecule has 144 valence electrons. The van der Waals surface area contributed by atoms with E-state index in [4.69, 9.17) is 0 Å². The number of likely N-dealkylation sites (tertiary alicyclic amines) is 1. The molecule has 1 saturated heterocycles. The molecule has 0 spiro atoms. The molecule has 2 aromatic rings. The van der Waals surface area contributed by atoms with Gasteiger partial charge in [0.05, 0.1) is 0 Å². The highest BCUT2D eigenvalue weighted by molar-refractivity contribution is 5.73. The number of aromatic nitrogens is 3. The maximum atomic E-state index is 14.0. The minimum atomic E-state index is -0.145. The Hall–Kier alpha value is -2.28. The summed E-state index contributed by atoms with van der Waals surface area (Å²) in [7, 11) is 0. The SMILES string of the molecule is CC(=O)N1CCCC(c2nnc3n2CCN(Cc2ccccc2F)CC3)C1. The Morgan fingerprint density at radius 1 is 1.19 bits per heavy atom. The summed E-state index contributed by atoms with van der Waals surface area (Å²) in [5, 5.41) is 8.91. The minimum absolute atomic E-state index is 0.131. The number of hydrogen-bond acceptors (Lipinski definition) is 4. The lowest BCUT2D eigenvalue weighted by Crippen LogP contribution is -2.38. The summed E-state index contributed by atoms with van der Waals surface area (Å²) in [4.78, 5) is 15.9. The monoisotopic (exact) mass is 371 g/mol. The van der Waals surface area contributed by atoms with Crippen LogP contribution in [-0.2, 0) is 24.3 Å². The van der Waals surface area contributed by atoms with Gasteiger partial charge < -0.3 is 9.47 Å². The second kappa shape index (κ2) is 7.76. The third kappa shape index (κ3) is 3.88. The zero-order valence-electron chi connectivity index (χ0n) is 15.8. The standard InChI is InChI=1S/C20H26FN5O/c1-15(27)25-9-4-6-17(14-25)20-23-22-19-8-10-24(11-12-26(19)20)13-16-5-2-3-7-18(16)21/h2-3,5,7,17H,4,6,8-14H2,1H3. The molecule has 1 unspecified atom stereocenters. The molecule has 0 radical (unpaired) electrons. The third-order valence-corrected chi connectivity index (χ3v) is 5.73. The number of rotatable bonds is 3. The van der Waals surface area contributed by atoms with Crippen LogP contribution in [0.25, 0.3) is 0 Å². The molecule has 27 heavy (non-hydrogen) atoms. The Morgan fingerprint density at radius 2 is 2.04 bits per heavy atom. The van der Waals surface area contributed by atoms with Crippen LogP contribution in [-0.4, -0.2) is 56.7 Å². The van der Waals surface area contributed by atoms with Crippen molar-refractivity contribution >= 4 is 5.91 Å². The van der Waals surface area contributed by atoms with E-state index < -0.39 is 0 Å². The first-order chi connectivity index (χ1) is 13.1. The molecule has 1 aromatic heterocycles. The highest BCUT2D eigenvalue weighted by Gasteiger charge is 2.29. The summed E-state index contributed by atoms with van der Waals surface area (Å²) >= 11 is 0. The van der Waals surface area contributed by atoms with Crippen LogP contribution in [0.4, 0.5) is 4.39 Å². The molecule has 0 bridgehead atoms. The lowest BCUT2D eigenvalue weighted by atomic mass is 9.97. The average molecular weight is 371 g/mol. The Morgan fingerprint density at radius 3 is 2.85 bits per heavy atom. The number of nitrogens with zero attached hydrogens (tertiary/aromatic N) is 5. The molecule has 3 heterocycles. The predicted octanol–water partition coefficient (Wildman–Crippen LogP) is 2.20. The van der Waals surface area contributed by atoms with Crippen LogP contribution in [0.1, 0.15) is 42.9 Å². The molecule has 0 N–H and O–H groups in total. The molecule has 4 rings (SSSR count). The lowest BCUT2D eigenvalue weighted by molar-refractivity contribution is -0.130. The van der Waals surface area contributed by atoms with Gasteiger partial charge in [-0.2, -0.15) is 0 Å². The molecule has 2 aliphatic heterocycles. The van der Waals surface area contributed by atoms with Crippen molar-refractivity contribution in [2.45, 2.75) is 45.2 Å². The van der Waals surface area contributed by atoms with Crippen molar-refractivity contribution in [1.82, 2.24) is 24.6 Å². The second-order valence-corrected chi connectivity index (χ2v) is 7.55. The second-order valence-electron chi connectivity index (χ2n) is 7.55. The Labute approximate surface area is 159 Å².